The van der Waals surface area contributed by atoms with Crippen molar-refractivity contribution in [3.05, 3.63) is 35.9 Å². The molecule has 1 amide bonds. The first kappa shape index (κ1) is 18.9. The number of nitrogens with one attached hydrogen (secondary N) is 2. The van der Waals surface area contributed by atoms with E-state index in [1.807, 2.05) is 0 Å². The standard InChI is InChI=1S/C14H20N2O6S/c1-10(2)12(13(17)21-3)15-23(19,20)16-14(18)22-9-11-7-5-4-6-8-11/h4-8,10,12,15H,9H2,1-3H3,(H,16,18)/t12-/m0/s1. The molecule has 2 N–H and O–H groups in total. The summed E-state index contributed by atoms with van der Waals surface area (Å²) in [6, 6.07) is 7.67. The van der Waals surface area contributed by atoms with Gasteiger partial charge in [-0.05, 0) is 11.5 Å². The van der Waals surface area contributed by atoms with E-state index in [4.69, 9.17) is 4.74 Å². The molecule has 8 nitrogen and oxygen atoms in total. The van der Waals surface area contributed by atoms with Gasteiger partial charge in [0.25, 0.3) is 0 Å². The molecular weight excluding hydrogens is 324 g/mol. The molecule has 1 aromatic rings. The Bertz CT molecular complexity index is 630. The summed E-state index contributed by atoms with van der Waals surface area (Å²) < 4.78 is 36.8. The third-order valence-electron chi connectivity index (χ3n) is 2.83. The summed E-state index contributed by atoms with van der Waals surface area (Å²) >= 11 is 0. The van der Waals surface area contributed by atoms with Gasteiger partial charge < -0.3 is 9.47 Å². The van der Waals surface area contributed by atoms with Gasteiger partial charge in [0.15, 0.2) is 0 Å². The monoisotopic (exact) mass is 344 g/mol. The van der Waals surface area contributed by atoms with Crippen LogP contribution in [0.2, 0.25) is 0 Å². The predicted octanol–water partition coefficient (Wildman–Crippen LogP) is 0.945. The van der Waals surface area contributed by atoms with Crippen molar-refractivity contribution in [3.63, 3.8) is 0 Å². The lowest BCUT2D eigenvalue weighted by molar-refractivity contribution is -0.143. The molecule has 0 spiro atoms. The van der Waals surface area contributed by atoms with Crippen LogP contribution < -0.4 is 9.44 Å². The highest BCUT2D eigenvalue weighted by atomic mass is 32.2. The first-order valence-electron chi connectivity index (χ1n) is 6.83. The molecule has 128 valence electrons. The summed E-state index contributed by atoms with van der Waals surface area (Å²) in [6.07, 6.45) is -1.14. The number of amides is 1. The van der Waals surface area contributed by atoms with Gasteiger partial charge >= 0.3 is 22.3 Å². The lowest BCUT2D eigenvalue weighted by atomic mass is 10.1. The minimum absolute atomic E-state index is 0.0766. The summed E-state index contributed by atoms with van der Waals surface area (Å²) in [7, 11) is -3.11. The number of hydrogen-bond acceptors (Lipinski definition) is 6. The zero-order chi connectivity index (χ0) is 17.5. The molecule has 0 aliphatic heterocycles. The Morgan fingerprint density at radius 1 is 1.17 bits per heavy atom. The number of methoxy groups -OCH3 is 1. The largest absolute Gasteiger partial charge is 0.468 e. The second-order valence-corrected chi connectivity index (χ2v) is 6.48. The van der Waals surface area contributed by atoms with Crippen molar-refractivity contribution in [2.45, 2.75) is 26.5 Å². The summed E-state index contributed by atoms with van der Waals surface area (Å²) in [6.45, 7) is 3.20. The van der Waals surface area contributed by atoms with Gasteiger partial charge in [-0.25, -0.2) is 9.52 Å². The SMILES string of the molecule is COC(=O)[C@@H](NS(=O)(=O)NC(=O)OCc1ccccc1)C(C)C. The van der Waals surface area contributed by atoms with Crippen LogP contribution in [0.15, 0.2) is 30.3 Å². The summed E-state index contributed by atoms with van der Waals surface area (Å²) in [4.78, 5) is 23.1. The molecular formula is C14H20N2O6S. The first-order valence-corrected chi connectivity index (χ1v) is 8.32. The van der Waals surface area contributed by atoms with Crippen LogP contribution in [0.4, 0.5) is 4.79 Å². The molecule has 0 saturated heterocycles. The van der Waals surface area contributed by atoms with E-state index >= 15 is 0 Å². The quantitative estimate of drug-likeness (QED) is 0.712. The zero-order valence-electron chi connectivity index (χ0n) is 13.1. The number of hydrogen-bond donors (Lipinski definition) is 2. The van der Waals surface area contributed by atoms with E-state index in [-0.39, 0.29) is 12.5 Å². The molecule has 0 fully saturated rings. The Hall–Kier alpha value is -2.13. The van der Waals surface area contributed by atoms with Gasteiger partial charge in [-0.15, -0.1) is 0 Å². The third kappa shape index (κ3) is 6.66. The molecule has 1 atom stereocenters. The van der Waals surface area contributed by atoms with Crippen LogP contribution in [-0.4, -0.2) is 33.6 Å². The van der Waals surface area contributed by atoms with Gasteiger partial charge in [0.2, 0.25) is 0 Å². The number of carbonyl (C=O) groups is 2. The van der Waals surface area contributed by atoms with E-state index in [0.29, 0.717) is 5.56 Å². The fraction of sp³-hybridized carbons (Fsp3) is 0.429. The van der Waals surface area contributed by atoms with Crippen molar-refractivity contribution in [3.8, 4) is 0 Å². The first-order chi connectivity index (χ1) is 10.7. The van der Waals surface area contributed by atoms with Gasteiger partial charge in [0.05, 0.1) is 7.11 Å². The molecule has 1 aromatic carbocycles. The lowest BCUT2D eigenvalue weighted by Crippen LogP contribution is -2.50. The Morgan fingerprint density at radius 3 is 2.30 bits per heavy atom. The summed E-state index contributed by atoms with van der Waals surface area (Å²) in [5.41, 5.74) is 0.711. The molecule has 1 rings (SSSR count). The van der Waals surface area contributed by atoms with Crippen molar-refractivity contribution in [1.29, 1.82) is 0 Å². The molecule has 0 radical (unpaired) electrons. The zero-order valence-corrected chi connectivity index (χ0v) is 13.9. The molecule has 0 aromatic heterocycles. The van der Waals surface area contributed by atoms with Crippen molar-refractivity contribution in [1.82, 2.24) is 9.44 Å². The van der Waals surface area contributed by atoms with Gasteiger partial charge in [-0.3, -0.25) is 4.79 Å². The minimum Gasteiger partial charge on any atom is -0.468 e. The van der Waals surface area contributed by atoms with Crippen LogP contribution in [0.5, 0.6) is 0 Å². The van der Waals surface area contributed by atoms with E-state index in [2.05, 4.69) is 9.46 Å². The van der Waals surface area contributed by atoms with E-state index in [0.717, 1.165) is 7.11 Å². The number of benzene rings is 1. The van der Waals surface area contributed by atoms with E-state index < -0.39 is 28.3 Å². The summed E-state index contributed by atoms with van der Waals surface area (Å²) in [5, 5.41) is 0. The molecule has 0 bridgehead atoms. The third-order valence-corrected chi connectivity index (χ3v) is 3.83. The van der Waals surface area contributed by atoms with Gasteiger partial charge in [-0.2, -0.15) is 13.1 Å². The van der Waals surface area contributed by atoms with Crippen LogP contribution in [0.3, 0.4) is 0 Å². The van der Waals surface area contributed by atoms with E-state index in [9.17, 15) is 18.0 Å². The Balaban J connectivity index is 2.59. The maximum atomic E-state index is 11.9. The van der Waals surface area contributed by atoms with Gasteiger partial charge in [0, 0.05) is 0 Å². The second kappa shape index (κ2) is 8.49. The predicted molar refractivity (Wildman–Crippen MR) is 82.5 cm³/mol. The maximum absolute atomic E-state index is 11.9. The highest BCUT2D eigenvalue weighted by molar-refractivity contribution is 7.88. The highest BCUT2D eigenvalue weighted by Gasteiger charge is 2.29. The Morgan fingerprint density at radius 2 is 1.78 bits per heavy atom. The Labute approximate surface area is 135 Å². The van der Waals surface area contributed by atoms with Gasteiger partial charge in [0.1, 0.15) is 12.6 Å². The molecule has 0 heterocycles. The fourth-order valence-corrected chi connectivity index (χ4v) is 2.68. The van der Waals surface area contributed by atoms with Crippen LogP contribution in [0.25, 0.3) is 0 Å². The van der Waals surface area contributed by atoms with Crippen molar-refractivity contribution < 1.29 is 27.5 Å². The molecule has 0 aliphatic carbocycles. The average molecular weight is 344 g/mol. The van der Waals surface area contributed by atoms with Crippen molar-refractivity contribution >= 4 is 22.3 Å². The topological polar surface area (TPSA) is 111 Å². The number of esters is 1. The van der Waals surface area contributed by atoms with Gasteiger partial charge in [-0.1, -0.05) is 44.2 Å². The smallest absolute Gasteiger partial charge is 0.422 e. The van der Waals surface area contributed by atoms with E-state index in [1.165, 1.54) is 0 Å². The fourth-order valence-electron chi connectivity index (χ4n) is 1.64. The maximum Gasteiger partial charge on any atom is 0.422 e. The van der Waals surface area contributed by atoms with Crippen LogP contribution in [0, 0.1) is 5.92 Å². The van der Waals surface area contributed by atoms with Crippen molar-refractivity contribution in [2.24, 2.45) is 5.92 Å². The highest BCUT2D eigenvalue weighted by Crippen LogP contribution is 2.05. The second-order valence-electron chi connectivity index (χ2n) is 5.03. The van der Waals surface area contributed by atoms with Crippen LogP contribution >= 0.6 is 0 Å². The molecule has 0 unspecified atom stereocenters. The number of rotatable bonds is 7. The van der Waals surface area contributed by atoms with Crippen molar-refractivity contribution in [2.75, 3.05) is 7.11 Å². The Kier molecular flexibility index (Phi) is 6.98. The molecule has 23 heavy (non-hydrogen) atoms. The van der Waals surface area contributed by atoms with Crippen LogP contribution in [0.1, 0.15) is 19.4 Å². The molecule has 0 aliphatic rings. The summed E-state index contributed by atoms with van der Waals surface area (Å²) in [5.74, 6) is -1.11. The minimum atomic E-state index is -4.26. The molecule has 0 saturated carbocycles. The van der Waals surface area contributed by atoms with Crippen LogP contribution in [-0.2, 0) is 31.1 Å². The number of carbonyl (C=O) groups excluding carboxylic acids is 2. The molecule has 9 heteroatoms. The normalized spacial score (nSPS) is 12.5. The average Bonchev–Trinajstić information content (AvgIpc) is 2.50. The number of ether oxygens (including phenoxy) is 2. The van der Waals surface area contributed by atoms with E-state index in [1.54, 1.807) is 48.9 Å². The lowest BCUT2D eigenvalue weighted by Gasteiger charge is -2.19.